The lowest BCUT2D eigenvalue weighted by Crippen LogP contribution is -2.09. The molecule has 172 valence electrons. The molecule has 0 atom stereocenters. The van der Waals surface area contributed by atoms with Crippen molar-refractivity contribution in [2.24, 2.45) is 0 Å². The van der Waals surface area contributed by atoms with Crippen molar-refractivity contribution in [2.75, 3.05) is 25.6 Å². The van der Waals surface area contributed by atoms with Crippen molar-refractivity contribution in [3.05, 3.63) is 59.7 Å². The normalized spacial score (nSPS) is 10.7. The van der Waals surface area contributed by atoms with Crippen LogP contribution in [-0.2, 0) is 9.53 Å². The number of nitrogens with one attached hydrogen (secondary N) is 1. The first-order chi connectivity index (χ1) is 15.6. The second kappa shape index (κ2) is 13.9. The highest BCUT2D eigenvalue weighted by Crippen LogP contribution is 2.28. The summed E-state index contributed by atoms with van der Waals surface area (Å²) in [5, 5.41) is 2.78. The van der Waals surface area contributed by atoms with Gasteiger partial charge >= 0.3 is 5.97 Å². The number of hydrogen-bond donors (Lipinski definition) is 1. The van der Waals surface area contributed by atoms with E-state index in [1.165, 1.54) is 6.08 Å². The Morgan fingerprint density at radius 2 is 1.66 bits per heavy atom. The summed E-state index contributed by atoms with van der Waals surface area (Å²) >= 11 is 0. The maximum absolute atomic E-state index is 12.3. The van der Waals surface area contributed by atoms with Crippen molar-refractivity contribution in [3.8, 4) is 11.5 Å². The van der Waals surface area contributed by atoms with Gasteiger partial charge in [-0.3, -0.25) is 4.79 Å². The summed E-state index contributed by atoms with van der Waals surface area (Å²) in [5.41, 5.74) is 1.87. The Morgan fingerprint density at radius 3 is 2.34 bits per heavy atom. The van der Waals surface area contributed by atoms with Gasteiger partial charge in [0.05, 0.1) is 25.9 Å². The van der Waals surface area contributed by atoms with E-state index in [1.807, 2.05) is 25.1 Å². The van der Waals surface area contributed by atoms with Crippen LogP contribution in [0.3, 0.4) is 0 Å². The number of hydrogen-bond acceptors (Lipinski definition) is 5. The van der Waals surface area contributed by atoms with Gasteiger partial charge in [0.25, 0.3) is 0 Å². The predicted octanol–water partition coefficient (Wildman–Crippen LogP) is 5.87. The molecule has 0 radical (unpaired) electrons. The molecule has 0 fully saturated rings. The van der Waals surface area contributed by atoms with E-state index < -0.39 is 0 Å². The summed E-state index contributed by atoms with van der Waals surface area (Å²) < 4.78 is 16.4. The van der Waals surface area contributed by atoms with Crippen LogP contribution in [0.15, 0.2) is 48.5 Å². The number of benzene rings is 2. The lowest BCUT2D eigenvalue weighted by atomic mass is 10.1. The van der Waals surface area contributed by atoms with Gasteiger partial charge < -0.3 is 19.5 Å². The Morgan fingerprint density at radius 1 is 0.906 bits per heavy atom. The highest BCUT2D eigenvalue weighted by Gasteiger charge is 2.08. The third-order valence-corrected chi connectivity index (χ3v) is 4.74. The number of carbonyl (C=O) groups is 2. The zero-order valence-electron chi connectivity index (χ0n) is 19.2. The zero-order valence-corrected chi connectivity index (χ0v) is 19.2. The summed E-state index contributed by atoms with van der Waals surface area (Å²) in [5.74, 6) is 0.689. The second-order valence-corrected chi connectivity index (χ2v) is 7.36. The highest BCUT2D eigenvalue weighted by atomic mass is 16.5. The molecule has 0 aliphatic carbocycles. The molecular weight excluding hydrogens is 406 g/mol. The van der Waals surface area contributed by atoms with Crippen molar-refractivity contribution in [2.45, 2.75) is 46.0 Å². The maximum Gasteiger partial charge on any atom is 0.338 e. The number of ether oxygens (including phenoxy) is 3. The molecule has 0 aliphatic heterocycles. The van der Waals surface area contributed by atoms with Crippen LogP contribution in [0.5, 0.6) is 11.5 Å². The van der Waals surface area contributed by atoms with E-state index in [1.54, 1.807) is 37.5 Å². The topological polar surface area (TPSA) is 73.9 Å². The molecule has 0 bridgehead atoms. The number of anilines is 1. The molecule has 1 amide bonds. The largest absolute Gasteiger partial charge is 0.493 e. The maximum atomic E-state index is 12.3. The Labute approximate surface area is 190 Å². The smallest absolute Gasteiger partial charge is 0.338 e. The first kappa shape index (κ1) is 25.0. The van der Waals surface area contributed by atoms with Gasteiger partial charge in [0.1, 0.15) is 0 Å². The van der Waals surface area contributed by atoms with Gasteiger partial charge in [-0.05, 0) is 60.9 Å². The van der Waals surface area contributed by atoms with Crippen molar-refractivity contribution in [3.63, 3.8) is 0 Å². The van der Waals surface area contributed by atoms with E-state index in [-0.39, 0.29) is 11.9 Å². The van der Waals surface area contributed by atoms with Crippen LogP contribution in [0.4, 0.5) is 5.69 Å². The minimum atomic E-state index is -0.358. The number of esters is 1. The third-order valence-electron chi connectivity index (χ3n) is 4.74. The molecule has 0 heterocycles. The van der Waals surface area contributed by atoms with E-state index in [9.17, 15) is 9.59 Å². The van der Waals surface area contributed by atoms with Gasteiger partial charge in [-0.1, -0.05) is 39.2 Å². The van der Waals surface area contributed by atoms with Crippen molar-refractivity contribution >= 4 is 23.6 Å². The fraction of sp³-hybridized carbons (Fsp3) is 0.385. The van der Waals surface area contributed by atoms with Crippen LogP contribution in [0.25, 0.3) is 6.08 Å². The second-order valence-electron chi connectivity index (χ2n) is 7.36. The van der Waals surface area contributed by atoms with Gasteiger partial charge in [0, 0.05) is 11.8 Å². The number of rotatable bonds is 13. The van der Waals surface area contributed by atoms with Gasteiger partial charge in [-0.2, -0.15) is 0 Å². The van der Waals surface area contributed by atoms with Gasteiger partial charge in [-0.25, -0.2) is 4.79 Å². The van der Waals surface area contributed by atoms with Crippen molar-refractivity contribution in [1.82, 2.24) is 0 Å². The third kappa shape index (κ3) is 8.46. The first-order valence-electron chi connectivity index (χ1n) is 11.1. The fourth-order valence-electron chi connectivity index (χ4n) is 2.88. The molecule has 2 rings (SSSR count). The van der Waals surface area contributed by atoms with Crippen LogP contribution in [0, 0.1) is 0 Å². The molecular formula is C26H33NO5. The Kier molecular flexibility index (Phi) is 10.9. The van der Waals surface area contributed by atoms with E-state index >= 15 is 0 Å². The average Bonchev–Trinajstić information content (AvgIpc) is 2.81. The van der Waals surface area contributed by atoms with Crippen LogP contribution in [-0.4, -0.2) is 32.2 Å². The van der Waals surface area contributed by atoms with E-state index in [0.29, 0.717) is 36.0 Å². The number of amides is 1. The minimum absolute atomic E-state index is 0.276. The van der Waals surface area contributed by atoms with Crippen LogP contribution in [0.1, 0.15) is 61.9 Å². The van der Waals surface area contributed by atoms with Crippen LogP contribution < -0.4 is 14.8 Å². The molecule has 2 aromatic rings. The SMILES string of the molecule is CCCCCOc1ccc(/C=C/C(=O)Nc2ccc(C(=O)OCCCC)cc2)cc1OC. The fourth-order valence-corrected chi connectivity index (χ4v) is 2.88. The van der Waals surface area contributed by atoms with Crippen molar-refractivity contribution < 1.29 is 23.8 Å². The molecule has 0 aliphatic rings. The average molecular weight is 440 g/mol. The number of carbonyl (C=O) groups excluding carboxylic acids is 2. The molecule has 0 saturated heterocycles. The van der Waals surface area contributed by atoms with Crippen LogP contribution >= 0.6 is 0 Å². The van der Waals surface area contributed by atoms with Gasteiger partial charge in [0.2, 0.25) is 5.91 Å². The molecule has 2 aromatic carbocycles. The van der Waals surface area contributed by atoms with E-state index in [2.05, 4.69) is 12.2 Å². The Hall–Kier alpha value is -3.28. The number of methoxy groups -OCH3 is 1. The lowest BCUT2D eigenvalue weighted by Gasteiger charge is -2.11. The van der Waals surface area contributed by atoms with Crippen molar-refractivity contribution in [1.29, 1.82) is 0 Å². The van der Waals surface area contributed by atoms with Crippen LogP contribution in [0.2, 0.25) is 0 Å². The molecule has 0 spiro atoms. The Balaban J connectivity index is 1.90. The summed E-state index contributed by atoms with van der Waals surface area (Å²) in [7, 11) is 1.59. The zero-order chi connectivity index (χ0) is 23.2. The minimum Gasteiger partial charge on any atom is -0.493 e. The highest BCUT2D eigenvalue weighted by molar-refractivity contribution is 6.02. The molecule has 0 saturated carbocycles. The summed E-state index contributed by atoms with van der Waals surface area (Å²) in [6.45, 7) is 5.25. The standard InChI is InChI=1S/C26H33NO5/c1-4-6-8-18-31-23-15-9-20(19-24(23)30-3)10-16-25(28)27-22-13-11-21(12-14-22)26(29)32-17-7-5-2/h9-16,19H,4-8,17-18H2,1-3H3,(H,27,28)/b16-10+. The molecule has 0 unspecified atom stereocenters. The summed E-state index contributed by atoms with van der Waals surface area (Å²) in [4.78, 5) is 24.2. The van der Waals surface area contributed by atoms with E-state index in [0.717, 1.165) is 37.7 Å². The molecule has 32 heavy (non-hydrogen) atoms. The predicted molar refractivity (Wildman–Crippen MR) is 127 cm³/mol. The summed E-state index contributed by atoms with van der Waals surface area (Å²) in [6.07, 6.45) is 8.23. The summed E-state index contributed by atoms with van der Waals surface area (Å²) in [6, 6.07) is 12.2. The van der Waals surface area contributed by atoms with Gasteiger partial charge in [-0.15, -0.1) is 0 Å². The van der Waals surface area contributed by atoms with E-state index in [4.69, 9.17) is 14.2 Å². The lowest BCUT2D eigenvalue weighted by molar-refractivity contribution is -0.111. The number of unbranched alkanes of at least 4 members (excludes halogenated alkanes) is 3. The molecule has 6 heteroatoms. The molecule has 1 N–H and O–H groups in total. The first-order valence-corrected chi connectivity index (χ1v) is 11.1. The quantitative estimate of drug-likeness (QED) is 0.240. The molecule has 6 nitrogen and oxygen atoms in total. The monoisotopic (exact) mass is 439 g/mol. The van der Waals surface area contributed by atoms with Gasteiger partial charge in [0.15, 0.2) is 11.5 Å². The Bertz CT molecular complexity index is 890. The molecule has 0 aromatic heterocycles.